The molecule has 0 aliphatic rings. The maximum atomic E-state index is 11.7. The van der Waals surface area contributed by atoms with Gasteiger partial charge in [0.25, 0.3) is 5.91 Å². The number of anilines is 1. The molecule has 26 heavy (non-hydrogen) atoms. The lowest BCUT2D eigenvalue weighted by molar-refractivity contribution is 0.0700. The fourth-order valence-electron chi connectivity index (χ4n) is 2.20. The van der Waals surface area contributed by atoms with Crippen LogP contribution in [0.1, 0.15) is 27.3 Å². The Morgan fingerprint density at radius 2 is 1.65 bits per heavy atom. The molecule has 0 saturated heterocycles. The van der Waals surface area contributed by atoms with E-state index in [4.69, 9.17) is 5.21 Å². The average Bonchev–Trinajstić information content (AvgIpc) is 2.71. The number of nitrogens with one attached hydrogen (secondary N) is 2. The summed E-state index contributed by atoms with van der Waals surface area (Å²) < 4.78 is 0. The van der Waals surface area contributed by atoms with Gasteiger partial charge in [0.15, 0.2) is 0 Å². The van der Waals surface area contributed by atoms with Crippen molar-refractivity contribution in [1.29, 1.82) is 0 Å². The number of hydrogen-bond acceptors (Lipinski definition) is 5. The Morgan fingerprint density at radius 1 is 0.962 bits per heavy atom. The van der Waals surface area contributed by atoms with Gasteiger partial charge in [0.1, 0.15) is 11.4 Å². The smallest absolute Gasteiger partial charge is 0.293 e. The van der Waals surface area contributed by atoms with Gasteiger partial charge in [-0.05, 0) is 23.6 Å². The first-order chi connectivity index (χ1) is 12.7. The van der Waals surface area contributed by atoms with Crippen molar-refractivity contribution in [1.82, 2.24) is 15.4 Å². The molecule has 3 N–H and O–H groups in total. The summed E-state index contributed by atoms with van der Waals surface area (Å²) in [6.45, 7) is 0.497. The second-order valence-electron chi connectivity index (χ2n) is 5.36. The molecular weight excluding hydrogens is 328 g/mol. The number of benzene rings is 2. The van der Waals surface area contributed by atoms with Crippen molar-refractivity contribution in [3.05, 3.63) is 89.2 Å². The Hall–Kier alpha value is -3.69. The van der Waals surface area contributed by atoms with Crippen LogP contribution in [0.4, 0.5) is 5.95 Å². The maximum absolute atomic E-state index is 11.7. The number of amides is 1. The molecule has 3 aromatic rings. The number of hydroxylamine groups is 1. The Labute approximate surface area is 150 Å². The van der Waals surface area contributed by atoms with E-state index in [2.05, 4.69) is 27.1 Å². The summed E-state index contributed by atoms with van der Waals surface area (Å²) in [6, 6.07) is 20.6. The molecule has 0 bridgehead atoms. The van der Waals surface area contributed by atoms with E-state index in [1.54, 1.807) is 5.48 Å². The lowest BCUT2D eigenvalue weighted by Crippen LogP contribution is -2.21. The van der Waals surface area contributed by atoms with E-state index in [-0.39, 0.29) is 11.6 Å². The highest BCUT2D eigenvalue weighted by molar-refractivity contribution is 5.91. The molecule has 6 heteroatoms. The van der Waals surface area contributed by atoms with Gasteiger partial charge in [0, 0.05) is 18.2 Å². The first-order valence-electron chi connectivity index (χ1n) is 7.93. The minimum Gasteiger partial charge on any atom is -0.350 e. The first-order valence-corrected chi connectivity index (χ1v) is 7.93. The highest BCUT2D eigenvalue weighted by atomic mass is 16.5. The molecule has 1 heterocycles. The fourth-order valence-corrected chi connectivity index (χ4v) is 2.20. The topological polar surface area (TPSA) is 87.1 Å². The van der Waals surface area contributed by atoms with E-state index in [1.807, 2.05) is 60.7 Å². The normalized spacial score (nSPS) is 9.73. The van der Waals surface area contributed by atoms with Crippen molar-refractivity contribution < 1.29 is 10.0 Å². The highest BCUT2D eigenvalue weighted by Crippen LogP contribution is 2.08. The van der Waals surface area contributed by atoms with Gasteiger partial charge in [-0.15, -0.1) is 0 Å². The second kappa shape index (κ2) is 8.42. The Bertz CT molecular complexity index is 948. The van der Waals surface area contributed by atoms with E-state index in [0.717, 1.165) is 11.1 Å². The number of rotatable bonds is 4. The van der Waals surface area contributed by atoms with Crippen LogP contribution >= 0.6 is 0 Å². The molecule has 128 valence electrons. The van der Waals surface area contributed by atoms with Gasteiger partial charge < -0.3 is 5.32 Å². The van der Waals surface area contributed by atoms with Gasteiger partial charge in [-0.3, -0.25) is 10.0 Å². The molecular formula is C20H16N4O2. The van der Waals surface area contributed by atoms with Crippen molar-refractivity contribution in [3.8, 4) is 11.8 Å². The molecule has 0 atom stereocenters. The molecule has 1 aromatic heterocycles. The third-order valence-corrected chi connectivity index (χ3v) is 3.46. The van der Waals surface area contributed by atoms with Crippen LogP contribution in [0.2, 0.25) is 0 Å². The highest BCUT2D eigenvalue weighted by Gasteiger charge is 2.10. The van der Waals surface area contributed by atoms with Crippen molar-refractivity contribution in [2.24, 2.45) is 0 Å². The summed E-state index contributed by atoms with van der Waals surface area (Å²) in [4.78, 5) is 20.2. The Balaban J connectivity index is 1.86. The van der Waals surface area contributed by atoms with Crippen LogP contribution in [0.25, 0.3) is 0 Å². The number of hydrogen-bond donors (Lipinski definition) is 3. The minimum absolute atomic E-state index is 0.0235. The van der Waals surface area contributed by atoms with Gasteiger partial charge in [-0.2, -0.15) is 0 Å². The summed E-state index contributed by atoms with van der Waals surface area (Å²) in [7, 11) is 0. The average molecular weight is 344 g/mol. The van der Waals surface area contributed by atoms with Gasteiger partial charge >= 0.3 is 0 Å². The minimum atomic E-state index is -0.724. The number of carbonyl (C=O) groups excluding carboxylic acids is 1. The predicted octanol–water partition coefficient (Wildman–Crippen LogP) is 2.61. The van der Waals surface area contributed by atoms with Gasteiger partial charge in [-0.1, -0.05) is 54.5 Å². The van der Waals surface area contributed by atoms with Crippen molar-refractivity contribution in [3.63, 3.8) is 0 Å². The molecule has 3 rings (SSSR count). The fraction of sp³-hybridized carbons (Fsp3) is 0.0500. The second-order valence-corrected chi connectivity index (χ2v) is 5.36. The number of carbonyl (C=O) groups is 1. The summed E-state index contributed by atoms with van der Waals surface area (Å²) in [5.41, 5.74) is 3.85. The zero-order chi connectivity index (χ0) is 18.2. The van der Waals surface area contributed by atoms with E-state index >= 15 is 0 Å². The molecule has 0 fully saturated rings. The quantitative estimate of drug-likeness (QED) is 0.385. The molecule has 1 amide bonds. The standard InChI is InChI=1S/C20H16N4O2/c25-19(24-26)18-13-17(12-11-15-7-3-1-4-8-15)22-20(23-18)21-14-16-9-5-2-6-10-16/h1-10,13,26H,14H2,(H,24,25)(H,21,22,23). The first kappa shape index (κ1) is 17.1. The summed E-state index contributed by atoms with van der Waals surface area (Å²) >= 11 is 0. The van der Waals surface area contributed by atoms with Gasteiger partial charge in [-0.25, -0.2) is 15.4 Å². The van der Waals surface area contributed by atoms with Crippen LogP contribution in [0.5, 0.6) is 0 Å². The van der Waals surface area contributed by atoms with Crippen LogP contribution in [0, 0.1) is 11.8 Å². The third-order valence-electron chi connectivity index (χ3n) is 3.46. The molecule has 0 saturated carbocycles. The molecule has 2 aromatic carbocycles. The number of nitrogens with zero attached hydrogens (tertiary/aromatic N) is 2. The predicted molar refractivity (Wildman–Crippen MR) is 97.5 cm³/mol. The summed E-state index contributed by atoms with van der Waals surface area (Å²) in [5.74, 6) is 5.43. The molecule has 0 aliphatic heterocycles. The van der Waals surface area contributed by atoms with Crippen LogP contribution in [-0.2, 0) is 6.54 Å². The van der Waals surface area contributed by atoms with Crippen LogP contribution in [0.3, 0.4) is 0 Å². The molecule has 0 unspecified atom stereocenters. The maximum Gasteiger partial charge on any atom is 0.293 e. The largest absolute Gasteiger partial charge is 0.350 e. The summed E-state index contributed by atoms with van der Waals surface area (Å²) in [6.07, 6.45) is 0. The van der Waals surface area contributed by atoms with E-state index in [0.29, 0.717) is 12.2 Å². The van der Waals surface area contributed by atoms with Crippen LogP contribution in [-0.4, -0.2) is 21.1 Å². The zero-order valence-electron chi connectivity index (χ0n) is 13.8. The summed E-state index contributed by atoms with van der Waals surface area (Å²) in [5, 5.41) is 11.9. The van der Waals surface area contributed by atoms with Crippen LogP contribution < -0.4 is 10.8 Å². The molecule has 0 spiro atoms. The number of aromatic nitrogens is 2. The van der Waals surface area contributed by atoms with Crippen molar-refractivity contribution in [2.75, 3.05) is 5.32 Å². The van der Waals surface area contributed by atoms with E-state index in [9.17, 15) is 4.79 Å². The van der Waals surface area contributed by atoms with Crippen LogP contribution in [0.15, 0.2) is 66.7 Å². The van der Waals surface area contributed by atoms with Crippen molar-refractivity contribution >= 4 is 11.9 Å². The van der Waals surface area contributed by atoms with Gasteiger partial charge in [0.05, 0.1) is 0 Å². The third kappa shape index (κ3) is 4.66. The van der Waals surface area contributed by atoms with Crippen molar-refractivity contribution in [2.45, 2.75) is 6.54 Å². The monoisotopic (exact) mass is 344 g/mol. The Kier molecular flexibility index (Phi) is 5.55. The molecule has 0 radical (unpaired) electrons. The molecule has 6 nitrogen and oxygen atoms in total. The zero-order valence-corrected chi connectivity index (χ0v) is 13.8. The SMILES string of the molecule is O=C(NO)c1cc(C#Cc2ccccc2)nc(NCc2ccccc2)n1. The molecule has 0 aliphatic carbocycles. The van der Waals surface area contributed by atoms with E-state index in [1.165, 1.54) is 6.07 Å². The van der Waals surface area contributed by atoms with Gasteiger partial charge in [0.2, 0.25) is 5.95 Å². The van der Waals surface area contributed by atoms with E-state index < -0.39 is 5.91 Å². The Morgan fingerprint density at radius 3 is 2.35 bits per heavy atom. The lowest BCUT2D eigenvalue weighted by atomic mass is 10.2. The lowest BCUT2D eigenvalue weighted by Gasteiger charge is -2.07.